The first-order valence-electron chi connectivity index (χ1n) is 8.33. The maximum absolute atomic E-state index is 15.1. The summed E-state index contributed by atoms with van der Waals surface area (Å²) in [6, 6.07) is 3.92. The van der Waals surface area contributed by atoms with Gasteiger partial charge in [-0.2, -0.15) is 5.10 Å². The van der Waals surface area contributed by atoms with Crippen LogP contribution < -0.4 is 5.32 Å². The summed E-state index contributed by atoms with van der Waals surface area (Å²) in [5, 5.41) is 11.1. The van der Waals surface area contributed by atoms with Crippen LogP contribution in [-0.2, 0) is 0 Å². The predicted octanol–water partition coefficient (Wildman–Crippen LogP) is 4.49. The monoisotopic (exact) mass is 337 g/mol. The minimum absolute atomic E-state index is 0.0741. The van der Waals surface area contributed by atoms with E-state index in [4.69, 9.17) is 0 Å². The number of anilines is 1. The molecule has 0 amide bonds. The van der Waals surface area contributed by atoms with Gasteiger partial charge in [0.05, 0.1) is 17.9 Å². The summed E-state index contributed by atoms with van der Waals surface area (Å²) in [5.74, 6) is 0.706. The summed E-state index contributed by atoms with van der Waals surface area (Å²) >= 11 is 0. The highest BCUT2D eigenvalue weighted by molar-refractivity contribution is 5.98. The molecule has 3 aromatic heterocycles. The zero-order valence-corrected chi connectivity index (χ0v) is 14.7. The number of imidazole rings is 1. The summed E-state index contributed by atoms with van der Waals surface area (Å²) in [5.41, 5.74) is 4.75. The Kier molecular flexibility index (Phi) is 3.49. The minimum atomic E-state index is -0.164. The number of H-pyrrole nitrogens is 1. The number of halogens is 1. The zero-order chi connectivity index (χ0) is 17.7. The van der Waals surface area contributed by atoms with Gasteiger partial charge in [0.25, 0.3) is 0 Å². The maximum atomic E-state index is 15.1. The molecule has 25 heavy (non-hydrogen) atoms. The van der Waals surface area contributed by atoms with Gasteiger partial charge in [-0.05, 0) is 41.7 Å². The molecule has 0 radical (unpaired) electrons. The van der Waals surface area contributed by atoms with Gasteiger partial charge in [0.2, 0.25) is 0 Å². The van der Waals surface area contributed by atoms with Crippen LogP contribution in [-0.4, -0.2) is 26.6 Å². The molecule has 2 N–H and O–H groups in total. The number of nitrogens with one attached hydrogen (secondary N) is 2. The summed E-state index contributed by atoms with van der Waals surface area (Å²) in [7, 11) is 1.84. The van der Waals surface area contributed by atoms with Crippen molar-refractivity contribution in [3.8, 4) is 11.1 Å². The zero-order valence-electron chi connectivity index (χ0n) is 14.7. The van der Waals surface area contributed by atoms with Gasteiger partial charge in [-0.3, -0.25) is 5.10 Å². The molecule has 5 nitrogen and oxygen atoms in total. The van der Waals surface area contributed by atoms with Crippen LogP contribution in [0.15, 0.2) is 30.7 Å². The molecule has 4 rings (SSSR count). The van der Waals surface area contributed by atoms with Crippen molar-refractivity contribution >= 4 is 22.4 Å². The topological polar surface area (TPSA) is 58.0 Å². The fourth-order valence-corrected chi connectivity index (χ4v) is 3.48. The van der Waals surface area contributed by atoms with E-state index in [9.17, 15) is 0 Å². The van der Waals surface area contributed by atoms with Crippen molar-refractivity contribution in [3.05, 3.63) is 47.7 Å². The summed E-state index contributed by atoms with van der Waals surface area (Å²) in [4.78, 5) is 4.45. The van der Waals surface area contributed by atoms with Crippen LogP contribution in [0.4, 0.5) is 10.2 Å². The van der Waals surface area contributed by atoms with E-state index in [0.717, 1.165) is 33.5 Å². The van der Waals surface area contributed by atoms with Crippen LogP contribution in [0.5, 0.6) is 0 Å². The van der Waals surface area contributed by atoms with Crippen molar-refractivity contribution in [1.82, 2.24) is 19.6 Å². The van der Waals surface area contributed by atoms with E-state index < -0.39 is 0 Å². The second kappa shape index (κ2) is 5.58. The standard InChI is InChI=1S/C19H20FN5/c1-10(2)16-18(20)11(3)17(13-7-22-24-19(13)16)12-5-6-15-23-14(21-4)9-25(15)8-12/h5-10,21H,1-4H3,(H,22,24). The van der Waals surface area contributed by atoms with Crippen LogP contribution in [0.2, 0.25) is 0 Å². The molecule has 0 spiro atoms. The first-order chi connectivity index (χ1) is 12.0. The van der Waals surface area contributed by atoms with E-state index in [1.165, 1.54) is 0 Å². The average molecular weight is 337 g/mol. The third kappa shape index (κ3) is 2.28. The highest BCUT2D eigenvalue weighted by Crippen LogP contribution is 2.38. The van der Waals surface area contributed by atoms with Gasteiger partial charge < -0.3 is 9.72 Å². The van der Waals surface area contributed by atoms with Crippen molar-refractivity contribution in [2.45, 2.75) is 26.7 Å². The lowest BCUT2D eigenvalue weighted by atomic mass is 9.90. The Morgan fingerprint density at radius 2 is 2.04 bits per heavy atom. The molecule has 4 aromatic rings. The molecule has 0 fully saturated rings. The number of nitrogens with zero attached hydrogens (tertiary/aromatic N) is 3. The third-order valence-corrected chi connectivity index (χ3v) is 4.69. The molecule has 0 atom stereocenters. The van der Waals surface area contributed by atoms with Gasteiger partial charge in [0, 0.05) is 24.2 Å². The van der Waals surface area contributed by atoms with Gasteiger partial charge in [-0.15, -0.1) is 0 Å². The molecule has 0 aliphatic carbocycles. The smallest absolute Gasteiger partial charge is 0.145 e. The molecule has 1 aromatic carbocycles. The van der Waals surface area contributed by atoms with Gasteiger partial charge in [0.15, 0.2) is 0 Å². The van der Waals surface area contributed by atoms with Crippen molar-refractivity contribution < 1.29 is 4.39 Å². The molecule has 128 valence electrons. The lowest BCUT2D eigenvalue weighted by Crippen LogP contribution is -2.01. The maximum Gasteiger partial charge on any atom is 0.145 e. The van der Waals surface area contributed by atoms with E-state index in [1.807, 2.05) is 56.7 Å². The van der Waals surface area contributed by atoms with E-state index in [2.05, 4.69) is 20.5 Å². The van der Waals surface area contributed by atoms with Crippen LogP contribution in [0.25, 0.3) is 27.7 Å². The van der Waals surface area contributed by atoms with Crippen LogP contribution in [0, 0.1) is 12.7 Å². The fraction of sp³-hybridized carbons (Fsp3) is 0.263. The second-order valence-electron chi connectivity index (χ2n) is 6.60. The van der Waals surface area contributed by atoms with Crippen LogP contribution >= 0.6 is 0 Å². The fourth-order valence-electron chi connectivity index (χ4n) is 3.48. The largest absolute Gasteiger partial charge is 0.372 e. The Morgan fingerprint density at radius 1 is 1.24 bits per heavy atom. The number of hydrogen-bond donors (Lipinski definition) is 2. The van der Waals surface area contributed by atoms with Crippen molar-refractivity contribution in [3.63, 3.8) is 0 Å². The molecule has 0 unspecified atom stereocenters. The normalized spacial score (nSPS) is 11.8. The minimum Gasteiger partial charge on any atom is -0.372 e. The van der Waals surface area contributed by atoms with Gasteiger partial charge in [-0.25, -0.2) is 9.37 Å². The van der Waals surface area contributed by atoms with E-state index in [0.29, 0.717) is 11.1 Å². The Hall–Kier alpha value is -2.89. The average Bonchev–Trinajstić information content (AvgIpc) is 3.21. The number of aromatic amines is 1. The molecule has 6 heteroatoms. The van der Waals surface area contributed by atoms with Gasteiger partial charge >= 0.3 is 0 Å². The molecule has 0 aliphatic heterocycles. The Morgan fingerprint density at radius 3 is 2.76 bits per heavy atom. The van der Waals surface area contributed by atoms with Crippen molar-refractivity contribution in [2.75, 3.05) is 12.4 Å². The Bertz CT molecular complexity index is 1090. The molecular weight excluding hydrogens is 317 g/mol. The van der Waals surface area contributed by atoms with Crippen LogP contribution in [0.3, 0.4) is 0 Å². The van der Waals surface area contributed by atoms with E-state index >= 15 is 4.39 Å². The second-order valence-corrected chi connectivity index (χ2v) is 6.60. The lowest BCUT2D eigenvalue weighted by molar-refractivity contribution is 0.593. The molecule has 3 heterocycles. The van der Waals surface area contributed by atoms with E-state index in [-0.39, 0.29) is 11.7 Å². The highest BCUT2D eigenvalue weighted by atomic mass is 19.1. The van der Waals surface area contributed by atoms with Gasteiger partial charge in [0.1, 0.15) is 17.3 Å². The molecule has 0 bridgehead atoms. The Balaban J connectivity index is 2.02. The number of rotatable bonds is 3. The van der Waals surface area contributed by atoms with Crippen molar-refractivity contribution in [1.29, 1.82) is 0 Å². The lowest BCUT2D eigenvalue weighted by Gasteiger charge is -2.16. The van der Waals surface area contributed by atoms with Gasteiger partial charge in [-0.1, -0.05) is 13.8 Å². The third-order valence-electron chi connectivity index (χ3n) is 4.69. The van der Waals surface area contributed by atoms with Crippen molar-refractivity contribution in [2.24, 2.45) is 0 Å². The number of aromatic nitrogens is 4. The van der Waals surface area contributed by atoms with Crippen LogP contribution in [0.1, 0.15) is 30.9 Å². The number of pyridine rings is 1. The number of benzene rings is 1. The summed E-state index contributed by atoms with van der Waals surface area (Å²) < 4.78 is 17.0. The summed E-state index contributed by atoms with van der Waals surface area (Å²) in [6.45, 7) is 5.82. The summed E-state index contributed by atoms with van der Waals surface area (Å²) in [6.07, 6.45) is 5.67. The van der Waals surface area contributed by atoms with E-state index in [1.54, 1.807) is 6.20 Å². The number of hydrogen-bond acceptors (Lipinski definition) is 3. The predicted molar refractivity (Wildman–Crippen MR) is 98.6 cm³/mol. The quantitative estimate of drug-likeness (QED) is 0.579. The first kappa shape index (κ1) is 15.6. The SMILES string of the molecule is CNc1cn2cc(-c3c(C)c(F)c(C(C)C)c4[nH]ncc34)ccc2n1. The highest BCUT2D eigenvalue weighted by Gasteiger charge is 2.21. The molecule has 0 saturated carbocycles. The molecule has 0 saturated heterocycles. The number of fused-ring (bicyclic) bond motifs is 2. The molecular formula is C19H20FN5. The first-order valence-corrected chi connectivity index (χ1v) is 8.33. The molecule has 0 aliphatic rings. The Labute approximate surface area is 144 Å².